The lowest BCUT2D eigenvalue weighted by Crippen LogP contribution is -2.20. The van der Waals surface area contributed by atoms with Crippen molar-refractivity contribution in [3.8, 4) is 0 Å². The maximum Gasteiger partial charge on any atom is 0.269 e. The van der Waals surface area contributed by atoms with Crippen LogP contribution in [0.15, 0.2) is 35.3 Å². The van der Waals surface area contributed by atoms with Gasteiger partial charge in [0.2, 0.25) is 0 Å². The van der Waals surface area contributed by atoms with Gasteiger partial charge < -0.3 is 9.67 Å². The molecule has 0 saturated carbocycles. The average molecular weight is 204 g/mol. The van der Waals surface area contributed by atoms with E-state index in [1.807, 2.05) is 24.3 Å². The first-order valence-corrected chi connectivity index (χ1v) is 4.88. The van der Waals surface area contributed by atoms with Gasteiger partial charge in [-0.3, -0.25) is 4.79 Å². The molecule has 1 heterocycles. The lowest BCUT2D eigenvalue weighted by atomic mass is 10.3. The fourth-order valence-electron chi connectivity index (χ4n) is 1.57. The van der Waals surface area contributed by atoms with E-state index in [4.69, 9.17) is 5.11 Å². The summed E-state index contributed by atoms with van der Waals surface area (Å²) < 4.78 is 1.64. The summed E-state index contributed by atoms with van der Waals surface area (Å²) in [5.74, 6) is 0. The van der Waals surface area contributed by atoms with Gasteiger partial charge >= 0.3 is 0 Å². The fraction of sp³-hybridized carbons (Fsp3) is 0.273. The summed E-state index contributed by atoms with van der Waals surface area (Å²) in [6.45, 7) is 0.613. The van der Waals surface area contributed by atoms with Gasteiger partial charge in [-0.1, -0.05) is 12.1 Å². The molecule has 0 aliphatic heterocycles. The molecule has 2 rings (SSSR count). The number of aromatic nitrogens is 2. The SMILES string of the molecule is O=c1cnc2ccccc2n1CCCO. The van der Waals surface area contributed by atoms with Gasteiger partial charge in [-0.25, -0.2) is 4.98 Å². The normalized spacial score (nSPS) is 10.7. The lowest BCUT2D eigenvalue weighted by molar-refractivity contribution is 0.280. The highest BCUT2D eigenvalue weighted by Gasteiger charge is 2.02. The molecule has 4 heteroatoms. The molecule has 0 aliphatic carbocycles. The van der Waals surface area contributed by atoms with E-state index in [9.17, 15) is 4.79 Å². The molecular weight excluding hydrogens is 192 g/mol. The number of hydrogen-bond donors (Lipinski definition) is 1. The van der Waals surface area contributed by atoms with E-state index in [0.717, 1.165) is 11.0 Å². The molecule has 1 aromatic heterocycles. The molecule has 0 aliphatic rings. The van der Waals surface area contributed by atoms with Crippen molar-refractivity contribution in [1.82, 2.24) is 9.55 Å². The predicted molar refractivity (Wildman–Crippen MR) is 57.7 cm³/mol. The molecule has 2 aromatic rings. The number of aryl methyl sites for hydroxylation is 1. The Labute approximate surface area is 86.8 Å². The molecule has 15 heavy (non-hydrogen) atoms. The lowest BCUT2D eigenvalue weighted by Gasteiger charge is -2.07. The zero-order valence-electron chi connectivity index (χ0n) is 8.26. The molecule has 0 saturated heterocycles. The number of benzene rings is 1. The summed E-state index contributed by atoms with van der Waals surface area (Å²) in [4.78, 5) is 15.6. The van der Waals surface area contributed by atoms with Gasteiger partial charge in [0.15, 0.2) is 0 Å². The highest BCUT2D eigenvalue weighted by molar-refractivity contribution is 5.74. The second-order valence-electron chi connectivity index (χ2n) is 3.31. The van der Waals surface area contributed by atoms with Crippen LogP contribution in [-0.4, -0.2) is 21.3 Å². The minimum atomic E-state index is -0.123. The number of aliphatic hydroxyl groups excluding tert-OH is 1. The smallest absolute Gasteiger partial charge is 0.269 e. The van der Waals surface area contributed by atoms with Gasteiger partial charge in [-0.2, -0.15) is 0 Å². The average Bonchev–Trinajstić information content (AvgIpc) is 2.28. The van der Waals surface area contributed by atoms with Crippen molar-refractivity contribution < 1.29 is 5.11 Å². The van der Waals surface area contributed by atoms with E-state index in [-0.39, 0.29) is 12.2 Å². The molecule has 0 atom stereocenters. The molecule has 0 amide bonds. The van der Waals surface area contributed by atoms with Crippen LogP contribution in [-0.2, 0) is 6.54 Å². The summed E-state index contributed by atoms with van der Waals surface area (Å²) in [5.41, 5.74) is 1.50. The Kier molecular flexibility index (Phi) is 2.78. The summed E-state index contributed by atoms with van der Waals surface area (Å²) in [5, 5.41) is 8.76. The van der Waals surface area contributed by atoms with Gasteiger partial charge in [0.1, 0.15) is 0 Å². The first kappa shape index (κ1) is 9.86. The Balaban J connectivity index is 2.58. The van der Waals surface area contributed by atoms with Crippen LogP contribution in [0.5, 0.6) is 0 Å². The van der Waals surface area contributed by atoms with Crippen LogP contribution in [0.2, 0.25) is 0 Å². The number of nitrogens with zero attached hydrogens (tertiary/aromatic N) is 2. The standard InChI is InChI=1S/C11H12N2O2/c14-7-3-6-13-10-5-2-1-4-9(10)12-8-11(13)15/h1-2,4-5,8,14H,3,6-7H2. The zero-order chi connectivity index (χ0) is 10.7. The first-order valence-electron chi connectivity index (χ1n) is 4.88. The van der Waals surface area contributed by atoms with Crippen molar-refractivity contribution in [2.45, 2.75) is 13.0 Å². The van der Waals surface area contributed by atoms with Crippen molar-refractivity contribution >= 4 is 11.0 Å². The topological polar surface area (TPSA) is 55.1 Å². The summed E-state index contributed by atoms with van der Waals surface area (Å²) >= 11 is 0. The van der Waals surface area contributed by atoms with Gasteiger partial charge in [-0.15, -0.1) is 0 Å². The van der Waals surface area contributed by atoms with Gasteiger partial charge in [0.05, 0.1) is 17.2 Å². The Morgan fingerprint density at radius 1 is 1.33 bits per heavy atom. The molecule has 78 valence electrons. The molecule has 0 fully saturated rings. The number of aliphatic hydroxyl groups is 1. The molecule has 1 aromatic carbocycles. The first-order chi connectivity index (χ1) is 7.33. The third-order valence-corrected chi connectivity index (χ3v) is 2.29. The maximum absolute atomic E-state index is 11.6. The number of hydrogen-bond acceptors (Lipinski definition) is 3. The van der Waals surface area contributed by atoms with Crippen LogP contribution in [0.4, 0.5) is 0 Å². The van der Waals surface area contributed by atoms with Gasteiger partial charge in [0.25, 0.3) is 5.56 Å². The zero-order valence-corrected chi connectivity index (χ0v) is 8.26. The van der Waals surface area contributed by atoms with Crippen molar-refractivity contribution in [3.63, 3.8) is 0 Å². The van der Waals surface area contributed by atoms with E-state index in [0.29, 0.717) is 13.0 Å². The Hall–Kier alpha value is -1.68. The summed E-state index contributed by atoms with van der Waals surface area (Å²) in [7, 11) is 0. The molecule has 4 nitrogen and oxygen atoms in total. The van der Waals surface area contributed by atoms with Crippen molar-refractivity contribution in [2.75, 3.05) is 6.61 Å². The quantitative estimate of drug-likeness (QED) is 0.803. The van der Waals surface area contributed by atoms with Gasteiger partial charge in [-0.05, 0) is 18.6 Å². The van der Waals surface area contributed by atoms with E-state index < -0.39 is 0 Å². The number of fused-ring (bicyclic) bond motifs is 1. The van der Waals surface area contributed by atoms with Crippen molar-refractivity contribution in [1.29, 1.82) is 0 Å². The Morgan fingerprint density at radius 3 is 2.93 bits per heavy atom. The Bertz CT molecular complexity index is 519. The van der Waals surface area contributed by atoms with E-state index in [1.165, 1.54) is 6.20 Å². The highest BCUT2D eigenvalue weighted by Crippen LogP contribution is 2.08. The minimum absolute atomic E-state index is 0.0864. The largest absolute Gasteiger partial charge is 0.396 e. The van der Waals surface area contributed by atoms with Crippen molar-refractivity contribution in [2.24, 2.45) is 0 Å². The number of para-hydroxylation sites is 2. The van der Waals surface area contributed by atoms with Crippen LogP contribution in [0.3, 0.4) is 0 Å². The number of rotatable bonds is 3. The van der Waals surface area contributed by atoms with Crippen LogP contribution in [0, 0.1) is 0 Å². The molecule has 0 unspecified atom stereocenters. The van der Waals surface area contributed by atoms with E-state index >= 15 is 0 Å². The fourth-order valence-corrected chi connectivity index (χ4v) is 1.57. The van der Waals surface area contributed by atoms with Crippen LogP contribution in [0.25, 0.3) is 11.0 Å². The molecular formula is C11H12N2O2. The molecule has 1 N–H and O–H groups in total. The Morgan fingerprint density at radius 2 is 2.13 bits per heavy atom. The highest BCUT2D eigenvalue weighted by atomic mass is 16.3. The predicted octanol–water partition coefficient (Wildman–Crippen LogP) is 0.779. The minimum Gasteiger partial charge on any atom is -0.396 e. The van der Waals surface area contributed by atoms with Crippen LogP contribution >= 0.6 is 0 Å². The van der Waals surface area contributed by atoms with E-state index in [2.05, 4.69) is 4.98 Å². The molecule has 0 bridgehead atoms. The van der Waals surface area contributed by atoms with E-state index in [1.54, 1.807) is 4.57 Å². The third-order valence-electron chi connectivity index (χ3n) is 2.29. The van der Waals surface area contributed by atoms with Crippen LogP contribution in [0.1, 0.15) is 6.42 Å². The van der Waals surface area contributed by atoms with Crippen molar-refractivity contribution in [3.05, 3.63) is 40.8 Å². The molecule has 0 radical (unpaired) electrons. The summed E-state index contributed by atoms with van der Waals surface area (Å²) in [6.07, 6.45) is 1.90. The van der Waals surface area contributed by atoms with Crippen LogP contribution < -0.4 is 5.56 Å². The summed E-state index contributed by atoms with van der Waals surface area (Å²) in [6, 6.07) is 7.49. The van der Waals surface area contributed by atoms with Gasteiger partial charge in [0, 0.05) is 13.2 Å². The second kappa shape index (κ2) is 4.23. The second-order valence-corrected chi connectivity index (χ2v) is 3.31. The monoisotopic (exact) mass is 204 g/mol. The maximum atomic E-state index is 11.6. The third kappa shape index (κ3) is 1.89. The molecule has 0 spiro atoms.